The molecule has 30 heavy (non-hydrogen) atoms. The Morgan fingerprint density at radius 2 is 1.80 bits per heavy atom. The second-order valence-corrected chi connectivity index (χ2v) is 9.46. The Kier molecular flexibility index (Phi) is 6.54. The molecular formula is C19H18F2N4O3S2. The number of sulfonamides is 1. The van der Waals surface area contributed by atoms with E-state index in [4.69, 9.17) is 0 Å². The predicted molar refractivity (Wildman–Crippen MR) is 109 cm³/mol. The maximum absolute atomic E-state index is 13.6. The van der Waals surface area contributed by atoms with Crippen LogP contribution >= 0.6 is 11.3 Å². The van der Waals surface area contributed by atoms with Gasteiger partial charge in [0.2, 0.25) is 15.0 Å². The molecule has 0 atom stereocenters. The summed E-state index contributed by atoms with van der Waals surface area (Å²) in [6.07, 6.45) is 0. The molecule has 0 aliphatic heterocycles. The monoisotopic (exact) mass is 452 g/mol. The van der Waals surface area contributed by atoms with Crippen LogP contribution in [0, 0.1) is 11.6 Å². The highest BCUT2D eigenvalue weighted by atomic mass is 32.2. The molecule has 0 bridgehead atoms. The lowest BCUT2D eigenvalue weighted by molar-refractivity contribution is 0.102. The number of anilines is 1. The largest absolute Gasteiger partial charge is 0.317 e. The molecule has 0 aliphatic carbocycles. The number of rotatable bonds is 7. The van der Waals surface area contributed by atoms with E-state index in [0.29, 0.717) is 6.07 Å². The summed E-state index contributed by atoms with van der Waals surface area (Å²) in [5.41, 5.74) is 0.815. The van der Waals surface area contributed by atoms with Crippen LogP contribution in [0.1, 0.15) is 40.1 Å². The van der Waals surface area contributed by atoms with Crippen molar-refractivity contribution in [2.75, 3.05) is 5.32 Å². The average Bonchev–Trinajstić information content (AvgIpc) is 3.18. The zero-order valence-electron chi connectivity index (χ0n) is 16.0. The molecule has 0 aliphatic rings. The van der Waals surface area contributed by atoms with Gasteiger partial charge in [0.15, 0.2) is 0 Å². The van der Waals surface area contributed by atoms with Gasteiger partial charge in [0.25, 0.3) is 5.91 Å². The second-order valence-electron chi connectivity index (χ2n) is 6.63. The Labute approximate surface area is 176 Å². The van der Waals surface area contributed by atoms with Gasteiger partial charge in [0.1, 0.15) is 16.6 Å². The summed E-state index contributed by atoms with van der Waals surface area (Å²) in [5.74, 6) is -2.15. The minimum absolute atomic E-state index is 0.0887. The number of hydrogen-bond acceptors (Lipinski definition) is 6. The molecule has 0 spiro atoms. The predicted octanol–water partition coefficient (Wildman–Crippen LogP) is 3.67. The normalized spacial score (nSPS) is 11.6. The number of nitrogens with one attached hydrogen (secondary N) is 2. The van der Waals surface area contributed by atoms with E-state index >= 15 is 0 Å². The highest BCUT2D eigenvalue weighted by molar-refractivity contribution is 7.89. The highest BCUT2D eigenvalue weighted by Gasteiger charge is 2.18. The Hall–Kier alpha value is -2.76. The summed E-state index contributed by atoms with van der Waals surface area (Å²) in [7, 11) is -3.77. The van der Waals surface area contributed by atoms with E-state index in [1.807, 2.05) is 13.8 Å². The number of amides is 1. The SMILES string of the molecule is CC(C)c1ccc(S(=O)(=O)NCc2nnc(C(=O)Nc3ccc(F)cc3F)s2)cc1. The lowest BCUT2D eigenvalue weighted by Crippen LogP contribution is -2.23. The molecule has 1 heterocycles. The van der Waals surface area contributed by atoms with Crippen molar-refractivity contribution in [3.63, 3.8) is 0 Å². The number of nitrogens with zero attached hydrogens (tertiary/aromatic N) is 2. The van der Waals surface area contributed by atoms with Gasteiger partial charge >= 0.3 is 0 Å². The summed E-state index contributed by atoms with van der Waals surface area (Å²) in [5, 5.41) is 9.90. The maximum Gasteiger partial charge on any atom is 0.286 e. The van der Waals surface area contributed by atoms with Crippen molar-refractivity contribution >= 4 is 33.0 Å². The molecule has 158 valence electrons. The van der Waals surface area contributed by atoms with Crippen molar-refractivity contribution in [1.29, 1.82) is 0 Å². The molecule has 0 fully saturated rings. The van der Waals surface area contributed by atoms with Crippen LogP contribution in [-0.2, 0) is 16.6 Å². The Morgan fingerprint density at radius 3 is 2.43 bits per heavy atom. The van der Waals surface area contributed by atoms with E-state index in [0.717, 1.165) is 29.0 Å². The van der Waals surface area contributed by atoms with Gasteiger partial charge in [-0.05, 0) is 35.7 Å². The smallest absolute Gasteiger partial charge is 0.286 e. The number of aromatic nitrogens is 2. The topological polar surface area (TPSA) is 101 Å². The average molecular weight is 453 g/mol. The first-order chi connectivity index (χ1) is 14.2. The number of carbonyl (C=O) groups excluding carboxylic acids is 1. The lowest BCUT2D eigenvalue weighted by Gasteiger charge is -2.08. The fourth-order valence-electron chi connectivity index (χ4n) is 2.46. The zero-order chi connectivity index (χ0) is 21.9. The molecule has 2 N–H and O–H groups in total. The molecule has 1 amide bonds. The van der Waals surface area contributed by atoms with Crippen molar-refractivity contribution in [2.45, 2.75) is 31.2 Å². The van der Waals surface area contributed by atoms with Gasteiger partial charge in [0, 0.05) is 6.07 Å². The van der Waals surface area contributed by atoms with Crippen LogP contribution in [0.25, 0.3) is 0 Å². The van der Waals surface area contributed by atoms with E-state index in [9.17, 15) is 22.0 Å². The van der Waals surface area contributed by atoms with Gasteiger partial charge in [0.05, 0.1) is 17.1 Å². The molecule has 2 aromatic carbocycles. The van der Waals surface area contributed by atoms with Crippen LogP contribution in [0.2, 0.25) is 0 Å². The van der Waals surface area contributed by atoms with Crippen LogP contribution < -0.4 is 10.0 Å². The third kappa shape index (κ3) is 5.23. The summed E-state index contributed by atoms with van der Waals surface area (Å²) < 4.78 is 53.8. The minimum atomic E-state index is -3.77. The van der Waals surface area contributed by atoms with Crippen molar-refractivity contribution in [3.05, 3.63) is 69.7 Å². The molecule has 0 saturated carbocycles. The summed E-state index contributed by atoms with van der Waals surface area (Å²) >= 11 is 0.854. The molecule has 1 aromatic heterocycles. The third-order valence-corrected chi connectivity index (χ3v) is 6.45. The van der Waals surface area contributed by atoms with Crippen molar-refractivity contribution in [3.8, 4) is 0 Å². The quantitative estimate of drug-likeness (QED) is 0.570. The van der Waals surface area contributed by atoms with Gasteiger partial charge in [-0.1, -0.05) is 37.3 Å². The minimum Gasteiger partial charge on any atom is -0.317 e. The van der Waals surface area contributed by atoms with Gasteiger partial charge in [-0.15, -0.1) is 10.2 Å². The van der Waals surface area contributed by atoms with E-state index in [2.05, 4.69) is 20.2 Å². The lowest BCUT2D eigenvalue weighted by atomic mass is 10.0. The molecule has 0 unspecified atom stereocenters. The molecule has 0 saturated heterocycles. The van der Waals surface area contributed by atoms with Gasteiger partial charge in [-0.3, -0.25) is 4.79 Å². The van der Waals surface area contributed by atoms with Crippen LogP contribution in [0.5, 0.6) is 0 Å². The molecule has 0 radical (unpaired) electrons. The maximum atomic E-state index is 13.6. The summed E-state index contributed by atoms with van der Waals surface area (Å²) in [6, 6.07) is 9.28. The van der Waals surface area contributed by atoms with E-state index < -0.39 is 27.6 Å². The Bertz CT molecular complexity index is 1160. The van der Waals surface area contributed by atoms with E-state index in [1.54, 1.807) is 12.1 Å². The second kappa shape index (κ2) is 8.94. The van der Waals surface area contributed by atoms with E-state index in [-0.39, 0.29) is 33.1 Å². The summed E-state index contributed by atoms with van der Waals surface area (Å²) in [6.45, 7) is 3.86. The standard InChI is InChI=1S/C19H18F2N4O3S2/c1-11(2)12-3-6-14(7-4-12)30(27,28)22-10-17-24-25-19(29-17)18(26)23-16-8-5-13(20)9-15(16)21/h3-9,11,22H,10H2,1-2H3,(H,23,26). The fourth-order valence-corrected chi connectivity index (χ4v) is 4.21. The highest BCUT2D eigenvalue weighted by Crippen LogP contribution is 2.19. The fraction of sp³-hybridized carbons (Fsp3) is 0.211. The first-order valence-electron chi connectivity index (χ1n) is 8.84. The number of carbonyl (C=O) groups is 1. The van der Waals surface area contributed by atoms with Crippen molar-refractivity contribution < 1.29 is 22.0 Å². The van der Waals surface area contributed by atoms with Gasteiger partial charge < -0.3 is 5.32 Å². The van der Waals surface area contributed by atoms with Gasteiger partial charge in [-0.25, -0.2) is 21.9 Å². The van der Waals surface area contributed by atoms with Crippen molar-refractivity contribution in [1.82, 2.24) is 14.9 Å². The van der Waals surface area contributed by atoms with E-state index in [1.165, 1.54) is 12.1 Å². The van der Waals surface area contributed by atoms with Gasteiger partial charge in [-0.2, -0.15) is 0 Å². The number of benzene rings is 2. The molecule has 3 rings (SSSR count). The van der Waals surface area contributed by atoms with Crippen LogP contribution in [-0.4, -0.2) is 24.5 Å². The first-order valence-corrected chi connectivity index (χ1v) is 11.1. The third-order valence-electron chi connectivity index (χ3n) is 4.11. The van der Waals surface area contributed by atoms with Crippen LogP contribution in [0.3, 0.4) is 0 Å². The van der Waals surface area contributed by atoms with Crippen LogP contribution in [0.4, 0.5) is 14.5 Å². The molecule has 3 aromatic rings. The molecule has 11 heteroatoms. The summed E-state index contributed by atoms with van der Waals surface area (Å²) in [4.78, 5) is 12.3. The van der Waals surface area contributed by atoms with Crippen LogP contribution in [0.15, 0.2) is 47.4 Å². The Morgan fingerprint density at radius 1 is 1.10 bits per heavy atom. The zero-order valence-corrected chi connectivity index (χ0v) is 17.7. The molecular weight excluding hydrogens is 434 g/mol. The Balaban J connectivity index is 1.64. The van der Waals surface area contributed by atoms with Crippen molar-refractivity contribution in [2.24, 2.45) is 0 Å². The number of hydrogen-bond donors (Lipinski definition) is 2. The first kappa shape index (κ1) is 21.9. The number of halogens is 2. The molecule has 7 nitrogen and oxygen atoms in total.